The number of thiazole rings is 1. The van der Waals surface area contributed by atoms with E-state index in [0.717, 1.165) is 16.9 Å². The molecule has 1 aromatic carbocycles. The molecule has 1 heterocycles. The number of hydrogen-bond acceptors (Lipinski definition) is 3. The number of aliphatic hydroxyl groups is 1. The van der Waals surface area contributed by atoms with E-state index in [-0.39, 0.29) is 12.3 Å². The standard InChI is InChI=1S/C10H8FNOS/c11-9-8(6-13)12-10(14-9)7-4-2-1-3-5-7/h1-5,13H,6H2. The molecular weight excluding hydrogens is 201 g/mol. The van der Waals surface area contributed by atoms with Gasteiger partial charge in [0, 0.05) is 5.56 Å². The summed E-state index contributed by atoms with van der Waals surface area (Å²) in [5.74, 6) is 0. The van der Waals surface area contributed by atoms with Gasteiger partial charge in [0.25, 0.3) is 0 Å². The number of halogens is 1. The Labute approximate surface area is 84.7 Å². The second-order valence-electron chi connectivity index (χ2n) is 2.76. The first-order valence-corrected chi connectivity index (χ1v) is 4.94. The molecule has 72 valence electrons. The van der Waals surface area contributed by atoms with E-state index in [9.17, 15) is 4.39 Å². The largest absolute Gasteiger partial charge is 0.390 e. The van der Waals surface area contributed by atoms with Gasteiger partial charge in [0.15, 0.2) is 0 Å². The van der Waals surface area contributed by atoms with Crippen LogP contribution in [-0.4, -0.2) is 10.1 Å². The predicted octanol–water partition coefficient (Wildman–Crippen LogP) is 2.44. The Hall–Kier alpha value is -1.26. The van der Waals surface area contributed by atoms with Crippen molar-refractivity contribution in [2.75, 3.05) is 0 Å². The van der Waals surface area contributed by atoms with Gasteiger partial charge >= 0.3 is 0 Å². The van der Waals surface area contributed by atoms with Crippen LogP contribution in [0.3, 0.4) is 0 Å². The molecule has 0 atom stereocenters. The molecule has 2 aromatic rings. The van der Waals surface area contributed by atoms with E-state index >= 15 is 0 Å². The van der Waals surface area contributed by atoms with Crippen molar-refractivity contribution >= 4 is 11.3 Å². The number of hydrogen-bond donors (Lipinski definition) is 1. The van der Waals surface area contributed by atoms with Gasteiger partial charge < -0.3 is 5.11 Å². The number of nitrogens with zero attached hydrogens (tertiary/aromatic N) is 1. The van der Waals surface area contributed by atoms with Crippen LogP contribution in [-0.2, 0) is 6.61 Å². The second-order valence-corrected chi connectivity index (χ2v) is 3.71. The minimum absolute atomic E-state index is 0.119. The van der Waals surface area contributed by atoms with Crippen LogP contribution in [0.5, 0.6) is 0 Å². The van der Waals surface area contributed by atoms with Crippen LogP contribution in [0.1, 0.15) is 5.69 Å². The molecule has 2 nitrogen and oxygen atoms in total. The molecule has 0 spiro atoms. The summed E-state index contributed by atoms with van der Waals surface area (Å²) in [6, 6.07) is 9.35. The lowest BCUT2D eigenvalue weighted by Crippen LogP contribution is -1.85. The van der Waals surface area contributed by atoms with Gasteiger partial charge in [0.05, 0.1) is 6.61 Å². The molecule has 0 aliphatic heterocycles. The normalized spacial score (nSPS) is 10.4. The molecule has 0 saturated heterocycles. The Kier molecular flexibility index (Phi) is 2.56. The molecular formula is C10H8FNOS. The molecule has 1 N–H and O–H groups in total. The van der Waals surface area contributed by atoms with Crippen molar-refractivity contribution < 1.29 is 9.50 Å². The second kappa shape index (κ2) is 3.86. The van der Waals surface area contributed by atoms with E-state index < -0.39 is 5.13 Å². The molecule has 0 saturated carbocycles. The summed E-state index contributed by atoms with van der Waals surface area (Å²) >= 11 is 0.954. The van der Waals surface area contributed by atoms with Crippen LogP contribution in [0.15, 0.2) is 30.3 Å². The zero-order valence-corrected chi connectivity index (χ0v) is 8.09. The van der Waals surface area contributed by atoms with E-state index in [1.807, 2.05) is 30.3 Å². The van der Waals surface area contributed by atoms with Crippen molar-refractivity contribution in [3.05, 3.63) is 41.2 Å². The van der Waals surface area contributed by atoms with Crippen molar-refractivity contribution in [2.45, 2.75) is 6.61 Å². The molecule has 0 amide bonds. The van der Waals surface area contributed by atoms with Crippen LogP contribution in [0.25, 0.3) is 10.6 Å². The predicted molar refractivity (Wildman–Crippen MR) is 53.4 cm³/mol. The smallest absolute Gasteiger partial charge is 0.202 e. The van der Waals surface area contributed by atoms with Crippen molar-refractivity contribution in [3.8, 4) is 10.6 Å². The van der Waals surface area contributed by atoms with Crippen molar-refractivity contribution in [1.82, 2.24) is 4.98 Å². The van der Waals surface area contributed by atoms with Gasteiger partial charge in [-0.25, -0.2) is 4.98 Å². The zero-order chi connectivity index (χ0) is 9.97. The van der Waals surface area contributed by atoms with Crippen molar-refractivity contribution in [3.63, 3.8) is 0 Å². The fourth-order valence-corrected chi connectivity index (χ4v) is 1.94. The van der Waals surface area contributed by atoms with E-state index in [0.29, 0.717) is 5.01 Å². The van der Waals surface area contributed by atoms with Crippen LogP contribution >= 0.6 is 11.3 Å². The van der Waals surface area contributed by atoms with Crippen molar-refractivity contribution in [1.29, 1.82) is 0 Å². The van der Waals surface area contributed by atoms with Gasteiger partial charge in [-0.05, 0) is 0 Å². The number of rotatable bonds is 2. The first-order valence-electron chi connectivity index (χ1n) is 4.12. The zero-order valence-electron chi connectivity index (χ0n) is 7.27. The third-order valence-electron chi connectivity index (χ3n) is 1.82. The third-order valence-corrected chi connectivity index (χ3v) is 2.76. The highest BCUT2D eigenvalue weighted by Gasteiger charge is 2.10. The minimum atomic E-state index is -0.411. The topological polar surface area (TPSA) is 33.1 Å². The Morgan fingerprint density at radius 1 is 1.29 bits per heavy atom. The Balaban J connectivity index is 2.43. The quantitative estimate of drug-likeness (QED) is 0.824. The lowest BCUT2D eigenvalue weighted by atomic mass is 10.2. The summed E-state index contributed by atoms with van der Waals surface area (Å²) in [6.07, 6.45) is 0. The average molecular weight is 209 g/mol. The Bertz CT molecular complexity index is 427. The van der Waals surface area contributed by atoms with Gasteiger partial charge in [0.2, 0.25) is 5.13 Å². The molecule has 4 heteroatoms. The molecule has 0 fully saturated rings. The van der Waals surface area contributed by atoms with Gasteiger partial charge in [-0.3, -0.25) is 0 Å². The van der Waals surface area contributed by atoms with Gasteiger partial charge in [-0.2, -0.15) is 4.39 Å². The summed E-state index contributed by atoms with van der Waals surface area (Å²) in [7, 11) is 0. The first kappa shape index (κ1) is 9.30. The molecule has 0 unspecified atom stereocenters. The Morgan fingerprint density at radius 2 is 2.00 bits per heavy atom. The van der Waals surface area contributed by atoms with Crippen LogP contribution in [0.2, 0.25) is 0 Å². The fourth-order valence-electron chi connectivity index (χ4n) is 1.13. The van der Waals surface area contributed by atoms with E-state index in [4.69, 9.17) is 5.11 Å². The summed E-state index contributed by atoms with van der Waals surface area (Å²) in [6.45, 7) is -0.352. The van der Waals surface area contributed by atoms with E-state index in [1.54, 1.807) is 0 Å². The summed E-state index contributed by atoms with van der Waals surface area (Å²) < 4.78 is 13.1. The van der Waals surface area contributed by atoms with Crippen LogP contribution in [0.4, 0.5) is 4.39 Å². The summed E-state index contributed by atoms with van der Waals surface area (Å²) in [4.78, 5) is 3.99. The minimum Gasteiger partial charge on any atom is -0.390 e. The molecule has 0 aliphatic rings. The lowest BCUT2D eigenvalue weighted by molar-refractivity contribution is 0.272. The maximum Gasteiger partial charge on any atom is 0.202 e. The van der Waals surface area contributed by atoms with Crippen LogP contribution < -0.4 is 0 Å². The fraction of sp³-hybridized carbons (Fsp3) is 0.100. The highest BCUT2D eigenvalue weighted by molar-refractivity contribution is 7.13. The molecule has 14 heavy (non-hydrogen) atoms. The van der Waals surface area contributed by atoms with Gasteiger partial charge in [-0.1, -0.05) is 41.7 Å². The monoisotopic (exact) mass is 209 g/mol. The maximum atomic E-state index is 13.1. The summed E-state index contributed by atoms with van der Waals surface area (Å²) in [5.41, 5.74) is 0.991. The van der Waals surface area contributed by atoms with E-state index in [2.05, 4.69) is 4.98 Å². The molecule has 1 aromatic heterocycles. The van der Waals surface area contributed by atoms with Crippen LogP contribution in [0, 0.1) is 5.13 Å². The molecule has 0 bridgehead atoms. The lowest BCUT2D eigenvalue weighted by Gasteiger charge is -1.92. The highest BCUT2D eigenvalue weighted by atomic mass is 32.1. The number of aliphatic hydroxyl groups excluding tert-OH is 1. The van der Waals surface area contributed by atoms with E-state index in [1.165, 1.54) is 0 Å². The van der Waals surface area contributed by atoms with Crippen molar-refractivity contribution in [2.24, 2.45) is 0 Å². The SMILES string of the molecule is OCc1nc(-c2ccccc2)sc1F. The highest BCUT2D eigenvalue weighted by Crippen LogP contribution is 2.26. The maximum absolute atomic E-state index is 13.1. The van der Waals surface area contributed by atoms with Gasteiger partial charge in [0.1, 0.15) is 10.7 Å². The Morgan fingerprint density at radius 3 is 2.57 bits per heavy atom. The van der Waals surface area contributed by atoms with Gasteiger partial charge in [-0.15, -0.1) is 0 Å². The average Bonchev–Trinajstić information content (AvgIpc) is 2.61. The molecule has 0 radical (unpaired) electrons. The third kappa shape index (κ3) is 1.66. The first-order chi connectivity index (χ1) is 6.81. The molecule has 0 aliphatic carbocycles. The number of benzene rings is 1. The summed E-state index contributed by atoms with van der Waals surface area (Å²) in [5, 5.41) is 8.98. The number of aromatic nitrogens is 1. The molecule has 2 rings (SSSR count).